The van der Waals surface area contributed by atoms with Gasteiger partial charge in [-0.2, -0.15) is 0 Å². The van der Waals surface area contributed by atoms with Gasteiger partial charge in [-0.3, -0.25) is 9.69 Å². The molecule has 1 aromatic carbocycles. The number of nitrogens with zero attached hydrogens (tertiary/aromatic N) is 2. The Bertz CT molecular complexity index is 728. The first-order valence-corrected chi connectivity index (χ1v) is 11.2. The largest absolute Gasteiger partial charge is 0.340 e. The van der Waals surface area contributed by atoms with Crippen LogP contribution in [-0.2, 0) is 14.8 Å². The van der Waals surface area contributed by atoms with E-state index >= 15 is 0 Å². The molecule has 158 valence electrons. The molecule has 1 aromatic rings. The molecule has 28 heavy (non-hydrogen) atoms. The van der Waals surface area contributed by atoms with Crippen LogP contribution >= 0.6 is 12.4 Å². The highest BCUT2D eigenvalue weighted by Crippen LogP contribution is 2.16. The SMILES string of the molecule is Cc1ccc(S(=O)(=O)NCCN2CCN(C(=O)C3CCNCC3)CC2)cc1.Cl. The van der Waals surface area contributed by atoms with Gasteiger partial charge in [0.15, 0.2) is 0 Å². The number of hydrogen-bond donors (Lipinski definition) is 2. The van der Waals surface area contributed by atoms with Gasteiger partial charge in [-0.1, -0.05) is 17.7 Å². The van der Waals surface area contributed by atoms with Crippen molar-refractivity contribution >= 4 is 28.3 Å². The third-order valence-corrected chi connectivity index (χ3v) is 6.90. The zero-order valence-electron chi connectivity index (χ0n) is 16.4. The predicted molar refractivity (Wildman–Crippen MR) is 112 cm³/mol. The molecule has 0 bridgehead atoms. The second kappa shape index (κ2) is 10.5. The summed E-state index contributed by atoms with van der Waals surface area (Å²) in [5.74, 6) is 0.454. The van der Waals surface area contributed by atoms with Crippen molar-refractivity contribution in [2.24, 2.45) is 5.92 Å². The maximum absolute atomic E-state index is 12.6. The summed E-state index contributed by atoms with van der Waals surface area (Å²) in [5.41, 5.74) is 1.03. The fraction of sp³-hybridized carbons (Fsp3) is 0.632. The van der Waals surface area contributed by atoms with E-state index < -0.39 is 10.0 Å². The second-order valence-electron chi connectivity index (χ2n) is 7.40. The van der Waals surface area contributed by atoms with Gasteiger partial charge in [0.25, 0.3) is 0 Å². The van der Waals surface area contributed by atoms with Gasteiger partial charge in [0.2, 0.25) is 15.9 Å². The molecule has 0 radical (unpaired) electrons. The summed E-state index contributed by atoms with van der Waals surface area (Å²) < 4.78 is 27.3. The smallest absolute Gasteiger partial charge is 0.240 e. The minimum atomic E-state index is -3.46. The van der Waals surface area contributed by atoms with E-state index in [4.69, 9.17) is 0 Å². The number of hydrogen-bond acceptors (Lipinski definition) is 5. The molecule has 0 saturated carbocycles. The van der Waals surface area contributed by atoms with Crippen molar-refractivity contribution in [2.45, 2.75) is 24.7 Å². The highest BCUT2D eigenvalue weighted by molar-refractivity contribution is 7.89. The molecule has 2 saturated heterocycles. The van der Waals surface area contributed by atoms with Crippen molar-refractivity contribution in [1.82, 2.24) is 19.8 Å². The number of benzene rings is 1. The molecule has 1 amide bonds. The minimum absolute atomic E-state index is 0. The Hall–Kier alpha value is -1.19. The number of rotatable bonds is 6. The molecule has 9 heteroatoms. The molecule has 7 nitrogen and oxygen atoms in total. The van der Waals surface area contributed by atoms with Crippen molar-refractivity contribution in [2.75, 3.05) is 52.4 Å². The van der Waals surface area contributed by atoms with Crippen molar-refractivity contribution in [3.8, 4) is 0 Å². The van der Waals surface area contributed by atoms with Crippen LogP contribution in [0.4, 0.5) is 0 Å². The molecular formula is C19H31ClN4O3S. The Morgan fingerprint density at radius 2 is 1.71 bits per heavy atom. The Labute approximate surface area is 174 Å². The molecule has 0 aromatic heterocycles. The van der Waals surface area contributed by atoms with E-state index in [1.807, 2.05) is 11.8 Å². The Kier molecular flexibility index (Phi) is 8.70. The van der Waals surface area contributed by atoms with Gasteiger partial charge in [-0.05, 0) is 45.0 Å². The van der Waals surface area contributed by atoms with Crippen LogP contribution in [0.3, 0.4) is 0 Å². The van der Waals surface area contributed by atoms with Crippen LogP contribution in [0.5, 0.6) is 0 Å². The van der Waals surface area contributed by atoms with Crippen molar-refractivity contribution < 1.29 is 13.2 Å². The standard InChI is InChI=1S/C19H30N4O3S.ClH/c1-16-2-4-18(5-3-16)27(25,26)21-10-11-22-12-14-23(15-13-22)19(24)17-6-8-20-9-7-17;/h2-5,17,20-21H,6-15H2,1H3;1H. The summed E-state index contributed by atoms with van der Waals surface area (Å²) in [4.78, 5) is 17.1. The molecule has 0 spiro atoms. The van der Waals surface area contributed by atoms with Crippen LogP contribution < -0.4 is 10.0 Å². The lowest BCUT2D eigenvalue weighted by atomic mass is 9.96. The molecule has 2 N–H and O–H groups in total. The fourth-order valence-corrected chi connectivity index (χ4v) is 4.68. The molecule has 3 rings (SSSR count). The van der Waals surface area contributed by atoms with Crippen molar-refractivity contribution in [3.05, 3.63) is 29.8 Å². The van der Waals surface area contributed by atoms with Crippen molar-refractivity contribution in [3.63, 3.8) is 0 Å². The number of piperidine rings is 1. The average Bonchev–Trinajstić information content (AvgIpc) is 2.69. The molecule has 2 fully saturated rings. The zero-order chi connectivity index (χ0) is 19.3. The van der Waals surface area contributed by atoms with Crippen LogP contribution in [0.1, 0.15) is 18.4 Å². The lowest BCUT2D eigenvalue weighted by molar-refractivity contribution is -0.138. The molecule has 2 aliphatic heterocycles. The first-order valence-electron chi connectivity index (χ1n) is 9.74. The van der Waals surface area contributed by atoms with E-state index in [0.717, 1.165) is 57.7 Å². The summed E-state index contributed by atoms with van der Waals surface area (Å²) in [6.45, 7) is 7.86. The first-order chi connectivity index (χ1) is 13.0. The predicted octanol–water partition coefficient (Wildman–Crippen LogP) is 0.839. The van der Waals surface area contributed by atoms with E-state index in [1.54, 1.807) is 24.3 Å². The number of halogens is 1. The second-order valence-corrected chi connectivity index (χ2v) is 9.17. The normalized spacial score (nSPS) is 19.2. The van der Waals surface area contributed by atoms with Gasteiger partial charge in [0.1, 0.15) is 0 Å². The van der Waals surface area contributed by atoms with Gasteiger partial charge < -0.3 is 10.2 Å². The number of amides is 1. The Morgan fingerprint density at radius 1 is 1.11 bits per heavy atom. The van der Waals surface area contributed by atoms with Crippen LogP contribution in [0.15, 0.2) is 29.2 Å². The number of nitrogens with one attached hydrogen (secondary N) is 2. The maximum atomic E-state index is 12.6. The van der Waals surface area contributed by atoms with Gasteiger partial charge >= 0.3 is 0 Å². The zero-order valence-corrected chi connectivity index (χ0v) is 18.0. The average molecular weight is 431 g/mol. The lowest BCUT2D eigenvalue weighted by Gasteiger charge is -2.37. The Balaban J connectivity index is 0.00000280. The van der Waals surface area contributed by atoms with Crippen molar-refractivity contribution in [1.29, 1.82) is 0 Å². The summed E-state index contributed by atoms with van der Waals surface area (Å²) >= 11 is 0. The fourth-order valence-electron chi connectivity index (χ4n) is 3.66. The first kappa shape index (κ1) is 23.1. The molecule has 2 heterocycles. The Morgan fingerprint density at radius 3 is 2.32 bits per heavy atom. The van der Waals surface area contributed by atoms with E-state index in [0.29, 0.717) is 18.0 Å². The van der Waals surface area contributed by atoms with E-state index in [1.165, 1.54) is 0 Å². The summed E-state index contributed by atoms with van der Waals surface area (Å²) in [5, 5.41) is 3.29. The third-order valence-electron chi connectivity index (χ3n) is 5.42. The topological polar surface area (TPSA) is 81.8 Å². The van der Waals surface area contributed by atoms with Crippen LogP contribution in [0.25, 0.3) is 0 Å². The molecule has 0 unspecified atom stereocenters. The minimum Gasteiger partial charge on any atom is -0.340 e. The van der Waals surface area contributed by atoms with Gasteiger partial charge in [0.05, 0.1) is 4.90 Å². The summed E-state index contributed by atoms with van der Waals surface area (Å²) in [7, 11) is -3.46. The van der Waals surface area contributed by atoms with Crippen LogP contribution in [0.2, 0.25) is 0 Å². The molecule has 0 aliphatic carbocycles. The lowest BCUT2D eigenvalue weighted by Crippen LogP contribution is -2.52. The third kappa shape index (κ3) is 6.15. The number of piperazine rings is 1. The molecule has 0 atom stereocenters. The number of aryl methyl sites for hydroxylation is 1. The number of carbonyl (C=O) groups is 1. The summed E-state index contributed by atoms with van der Waals surface area (Å²) in [6, 6.07) is 6.85. The van der Waals surface area contributed by atoms with E-state index in [9.17, 15) is 13.2 Å². The number of sulfonamides is 1. The van der Waals surface area contributed by atoms with E-state index in [2.05, 4.69) is 14.9 Å². The van der Waals surface area contributed by atoms with Crippen LogP contribution in [0, 0.1) is 12.8 Å². The number of carbonyl (C=O) groups excluding carboxylic acids is 1. The summed E-state index contributed by atoms with van der Waals surface area (Å²) in [6.07, 6.45) is 1.86. The van der Waals surface area contributed by atoms with Gasteiger partial charge in [0, 0.05) is 45.2 Å². The molecule has 2 aliphatic rings. The van der Waals surface area contributed by atoms with Gasteiger partial charge in [-0.15, -0.1) is 12.4 Å². The highest BCUT2D eigenvalue weighted by Gasteiger charge is 2.28. The van der Waals surface area contributed by atoms with Gasteiger partial charge in [-0.25, -0.2) is 13.1 Å². The maximum Gasteiger partial charge on any atom is 0.240 e. The van der Waals surface area contributed by atoms with Crippen LogP contribution in [-0.4, -0.2) is 76.5 Å². The quantitative estimate of drug-likeness (QED) is 0.698. The highest BCUT2D eigenvalue weighted by atomic mass is 35.5. The monoisotopic (exact) mass is 430 g/mol. The van der Waals surface area contributed by atoms with E-state index in [-0.39, 0.29) is 24.2 Å². The molecular weight excluding hydrogens is 400 g/mol.